The fourth-order valence-corrected chi connectivity index (χ4v) is 3.61. The zero-order chi connectivity index (χ0) is 23.5. The largest absolute Gasteiger partial charge is 0.490 e. The molecule has 0 spiro atoms. The van der Waals surface area contributed by atoms with E-state index in [0.717, 1.165) is 37.3 Å². The predicted molar refractivity (Wildman–Crippen MR) is 111 cm³/mol. The Morgan fingerprint density at radius 1 is 1.09 bits per heavy atom. The van der Waals surface area contributed by atoms with E-state index in [9.17, 15) is 18.0 Å². The number of rotatable bonds is 3. The molecular formula is C21H24F3N5O3. The number of likely N-dealkylation sites (tertiary alicyclic amines) is 1. The molecular weight excluding hydrogens is 427 g/mol. The molecule has 8 nitrogen and oxygen atoms in total. The van der Waals surface area contributed by atoms with Crippen molar-refractivity contribution in [2.24, 2.45) is 0 Å². The summed E-state index contributed by atoms with van der Waals surface area (Å²) >= 11 is 0. The number of aromatic nitrogens is 3. The normalized spacial score (nSPS) is 15.0. The van der Waals surface area contributed by atoms with E-state index in [2.05, 4.69) is 24.1 Å². The molecule has 11 heteroatoms. The van der Waals surface area contributed by atoms with E-state index in [1.807, 2.05) is 51.9 Å². The van der Waals surface area contributed by atoms with Crippen LogP contribution >= 0.6 is 0 Å². The van der Waals surface area contributed by atoms with Crippen molar-refractivity contribution in [3.63, 3.8) is 0 Å². The quantitative estimate of drug-likeness (QED) is 0.662. The molecule has 32 heavy (non-hydrogen) atoms. The molecule has 1 amide bonds. The molecule has 0 aromatic carbocycles. The molecule has 0 bridgehead atoms. The number of pyridine rings is 1. The van der Waals surface area contributed by atoms with E-state index in [1.165, 1.54) is 0 Å². The lowest BCUT2D eigenvalue weighted by Gasteiger charge is -2.35. The van der Waals surface area contributed by atoms with Gasteiger partial charge in [-0.2, -0.15) is 18.3 Å². The molecule has 0 saturated carbocycles. The highest BCUT2D eigenvalue weighted by Gasteiger charge is 2.38. The standard InChI is InChI=1S/C19H23N5O.C2HF3O2/c1-21(2)15-9-13-22(14-10-15)19(25)17-8-11-20-24(17)18-7-6-16-5-3-4-12-23(16)18;3-2(4,5)1(6)7/h3-8,11-12,15H,9-10,13-14H2,1-2H3;(H,6,7). The second kappa shape index (κ2) is 9.43. The predicted octanol–water partition coefficient (Wildman–Crippen LogP) is 2.92. The highest BCUT2D eigenvalue weighted by Crippen LogP contribution is 2.20. The van der Waals surface area contributed by atoms with E-state index in [-0.39, 0.29) is 5.91 Å². The number of carbonyl (C=O) groups excluding carboxylic acids is 1. The Kier molecular flexibility index (Phi) is 6.87. The molecule has 0 atom stereocenters. The Labute approximate surface area is 182 Å². The molecule has 0 aliphatic carbocycles. The summed E-state index contributed by atoms with van der Waals surface area (Å²) < 4.78 is 35.5. The van der Waals surface area contributed by atoms with Crippen molar-refractivity contribution >= 4 is 17.4 Å². The summed E-state index contributed by atoms with van der Waals surface area (Å²) in [5, 5.41) is 11.5. The van der Waals surface area contributed by atoms with Gasteiger partial charge in [0, 0.05) is 30.8 Å². The van der Waals surface area contributed by atoms with Gasteiger partial charge in [0.15, 0.2) is 0 Å². The maximum absolute atomic E-state index is 13.0. The number of halogens is 3. The number of amides is 1. The number of nitrogens with zero attached hydrogens (tertiary/aromatic N) is 5. The molecule has 172 valence electrons. The van der Waals surface area contributed by atoms with Gasteiger partial charge in [-0.25, -0.2) is 9.48 Å². The number of alkyl halides is 3. The van der Waals surface area contributed by atoms with Gasteiger partial charge in [0.25, 0.3) is 5.91 Å². The van der Waals surface area contributed by atoms with Gasteiger partial charge in [-0.1, -0.05) is 6.07 Å². The summed E-state index contributed by atoms with van der Waals surface area (Å²) in [4.78, 5) is 26.1. The molecule has 4 heterocycles. The molecule has 1 saturated heterocycles. The highest BCUT2D eigenvalue weighted by atomic mass is 19.4. The van der Waals surface area contributed by atoms with Crippen LogP contribution in [0.1, 0.15) is 23.3 Å². The van der Waals surface area contributed by atoms with Crippen molar-refractivity contribution in [3.8, 4) is 5.82 Å². The zero-order valence-electron chi connectivity index (χ0n) is 17.7. The summed E-state index contributed by atoms with van der Waals surface area (Å²) in [5.74, 6) is -1.82. The van der Waals surface area contributed by atoms with Crippen molar-refractivity contribution in [2.45, 2.75) is 25.1 Å². The topological polar surface area (TPSA) is 83.1 Å². The third kappa shape index (κ3) is 5.10. The van der Waals surface area contributed by atoms with Gasteiger partial charge in [0.05, 0.1) is 6.20 Å². The molecule has 0 radical (unpaired) electrons. The van der Waals surface area contributed by atoms with Crippen LogP contribution in [0.4, 0.5) is 13.2 Å². The summed E-state index contributed by atoms with van der Waals surface area (Å²) in [6.45, 7) is 1.59. The van der Waals surface area contributed by atoms with Crippen molar-refractivity contribution in [3.05, 3.63) is 54.5 Å². The Balaban J connectivity index is 0.000000360. The molecule has 1 aliphatic heterocycles. The maximum atomic E-state index is 13.0. The average molecular weight is 451 g/mol. The van der Waals surface area contributed by atoms with Crippen LogP contribution in [0, 0.1) is 0 Å². The van der Waals surface area contributed by atoms with Crippen LogP contribution in [0.25, 0.3) is 11.3 Å². The minimum atomic E-state index is -5.08. The van der Waals surface area contributed by atoms with Crippen LogP contribution < -0.4 is 0 Å². The van der Waals surface area contributed by atoms with Crippen LogP contribution in [0.3, 0.4) is 0 Å². The van der Waals surface area contributed by atoms with Gasteiger partial charge in [-0.15, -0.1) is 0 Å². The Morgan fingerprint density at radius 3 is 2.34 bits per heavy atom. The monoisotopic (exact) mass is 451 g/mol. The second-order valence-corrected chi connectivity index (χ2v) is 7.61. The van der Waals surface area contributed by atoms with E-state index in [4.69, 9.17) is 9.90 Å². The fourth-order valence-electron chi connectivity index (χ4n) is 3.61. The van der Waals surface area contributed by atoms with Gasteiger partial charge in [0.2, 0.25) is 0 Å². The molecule has 3 aromatic rings. The second-order valence-electron chi connectivity index (χ2n) is 7.61. The first-order valence-corrected chi connectivity index (χ1v) is 9.96. The Bertz CT molecular complexity index is 1080. The van der Waals surface area contributed by atoms with Crippen LogP contribution in [0.5, 0.6) is 0 Å². The van der Waals surface area contributed by atoms with Crippen molar-refractivity contribution < 1.29 is 27.9 Å². The summed E-state index contributed by atoms with van der Waals surface area (Å²) in [6, 6.07) is 12.4. The lowest BCUT2D eigenvalue weighted by molar-refractivity contribution is -0.192. The fraction of sp³-hybridized carbons (Fsp3) is 0.381. The van der Waals surface area contributed by atoms with Gasteiger partial charge in [-0.3, -0.25) is 4.79 Å². The van der Waals surface area contributed by atoms with Gasteiger partial charge in [0.1, 0.15) is 11.5 Å². The first-order valence-electron chi connectivity index (χ1n) is 9.96. The molecule has 1 N–H and O–H groups in total. The average Bonchev–Trinajstić information content (AvgIpc) is 3.39. The number of hydrogen-bond acceptors (Lipinski definition) is 4. The number of hydrogen-bond donors (Lipinski definition) is 1. The van der Waals surface area contributed by atoms with E-state index >= 15 is 0 Å². The van der Waals surface area contributed by atoms with Crippen LogP contribution in [0.2, 0.25) is 0 Å². The van der Waals surface area contributed by atoms with E-state index < -0.39 is 12.1 Å². The van der Waals surface area contributed by atoms with Crippen LogP contribution in [0.15, 0.2) is 48.8 Å². The Morgan fingerprint density at radius 2 is 1.75 bits per heavy atom. The van der Waals surface area contributed by atoms with Crippen LogP contribution in [-0.4, -0.2) is 80.4 Å². The minimum absolute atomic E-state index is 0.0561. The molecule has 4 rings (SSSR count). The number of carboxylic acid groups (broad SMARTS) is 1. The smallest absolute Gasteiger partial charge is 0.475 e. The summed E-state index contributed by atoms with van der Waals surface area (Å²) in [7, 11) is 4.21. The third-order valence-corrected chi connectivity index (χ3v) is 5.34. The first kappa shape index (κ1) is 23.3. The molecule has 0 unspecified atom stereocenters. The molecule has 1 fully saturated rings. The first-order chi connectivity index (χ1) is 15.1. The van der Waals surface area contributed by atoms with Gasteiger partial charge in [-0.05, 0) is 57.3 Å². The zero-order valence-corrected chi connectivity index (χ0v) is 17.7. The van der Waals surface area contributed by atoms with Crippen molar-refractivity contribution in [1.82, 2.24) is 24.0 Å². The maximum Gasteiger partial charge on any atom is 0.490 e. The lowest BCUT2D eigenvalue weighted by atomic mass is 10.0. The number of fused-ring (bicyclic) bond motifs is 1. The number of carboxylic acids is 1. The van der Waals surface area contributed by atoms with E-state index in [0.29, 0.717) is 11.7 Å². The number of carbonyl (C=O) groups is 2. The summed E-state index contributed by atoms with van der Waals surface area (Å²) in [6.07, 6.45) is 0.632. The molecule has 1 aliphatic rings. The van der Waals surface area contributed by atoms with Crippen molar-refractivity contribution in [1.29, 1.82) is 0 Å². The Hall–Kier alpha value is -3.34. The SMILES string of the molecule is CN(C)C1CCN(C(=O)c2ccnn2-c2ccc3ccccn23)CC1.O=C(O)C(F)(F)F. The number of aliphatic carboxylic acids is 1. The van der Waals surface area contributed by atoms with E-state index in [1.54, 1.807) is 10.9 Å². The lowest BCUT2D eigenvalue weighted by Crippen LogP contribution is -2.44. The summed E-state index contributed by atoms with van der Waals surface area (Å²) in [5.41, 5.74) is 1.70. The van der Waals surface area contributed by atoms with Gasteiger partial charge >= 0.3 is 12.1 Å². The number of piperidine rings is 1. The minimum Gasteiger partial charge on any atom is -0.475 e. The highest BCUT2D eigenvalue weighted by molar-refractivity contribution is 5.93. The third-order valence-electron chi connectivity index (χ3n) is 5.34. The molecule has 3 aromatic heterocycles. The van der Waals surface area contributed by atoms with Gasteiger partial charge < -0.3 is 19.3 Å². The van der Waals surface area contributed by atoms with Crippen LogP contribution in [-0.2, 0) is 4.79 Å². The van der Waals surface area contributed by atoms with Crippen molar-refractivity contribution in [2.75, 3.05) is 27.2 Å².